The number of hydrogen-bond donors (Lipinski definition) is 3. The molecule has 0 fully saturated rings. The fourth-order valence-corrected chi connectivity index (χ4v) is 1.85. The van der Waals surface area contributed by atoms with Gasteiger partial charge in [-0.2, -0.15) is 5.10 Å². The summed E-state index contributed by atoms with van der Waals surface area (Å²) in [6, 6.07) is 2.44. The topological polar surface area (TPSA) is 70.3 Å². The van der Waals surface area contributed by atoms with E-state index in [1.54, 1.807) is 6.92 Å². The van der Waals surface area contributed by atoms with Crippen molar-refractivity contribution in [3.05, 3.63) is 18.0 Å². The van der Waals surface area contributed by atoms with E-state index >= 15 is 0 Å². The zero-order chi connectivity index (χ0) is 13.6. The van der Waals surface area contributed by atoms with Crippen LogP contribution in [0.4, 0.5) is 0 Å². The Morgan fingerprint density at radius 1 is 1.44 bits per heavy atom. The van der Waals surface area contributed by atoms with Crippen LogP contribution in [0, 0.1) is 0 Å². The van der Waals surface area contributed by atoms with Gasteiger partial charge in [0.2, 0.25) is 0 Å². The molecular weight excluding hydrogens is 230 g/mol. The molecule has 0 amide bonds. The summed E-state index contributed by atoms with van der Waals surface area (Å²) in [4.78, 5) is 0. The molecule has 5 nitrogen and oxygen atoms in total. The molecule has 0 aromatic carbocycles. The van der Waals surface area contributed by atoms with Crippen LogP contribution >= 0.6 is 0 Å². The third-order valence-electron chi connectivity index (χ3n) is 3.13. The van der Waals surface area contributed by atoms with Gasteiger partial charge in [-0.25, -0.2) is 0 Å². The van der Waals surface area contributed by atoms with Crippen molar-refractivity contribution in [3.8, 4) is 0 Å². The lowest BCUT2D eigenvalue weighted by Gasteiger charge is -2.20. The summed E-state index contributed by atoms with van der Waals surface area (Å²) in [6.07, 6.45) is 4.15. The predicted octanol–water partition coefficient (Wildman–Crippen LogP) is 1.08. The lowest BCUT2D eigenvalue weighted by molar-refractivity contribution is 0.00247. The van der Waals surface area contributed by atoms with Crippen LogP contribution in [0.3, 0.4) is 0 Å². The Balaban J connectivity index is 2.45. The van der Waals surface area contributed by atoms with Gasteiger partial charge in [0.05, 0.1) is 23.9 Å². The molecule has 1 atom stereocenters. The fourth-order valence-electron chi connectivity index (χ4n) is 1.85. The number of aliphatic hydroxyl groups is 2. The second-order valence-electron chi connectivity index (χ2n) is 5.02. The molecule has 1 unspecified atom stereocenters. The molecule has 0 saturated heterocycles. The van der Waals surface area contributed by atoms with E-state index in [1.807, 2.05) is 16.9 Å². The van der Waals surface area contributed by atoms with Crippen molar-refractivity contribution in [2.24, 2.45) is 0 Å². The van der Waals surface area contributed by atoms with Crippen molar-refractivity contribution in [1.82, 2.24) is 15.1 Å². The zero-order valence-electron chi connectivity index (χ0n) is 11.6. The van der Waals surface area contributed by atoms with Crippen molar-refractivity contribution in [3.63, 3.8) is 0 Å². The van der Waals surface area contributed by atoms with Crippen LogP contribution in [0.5, 0.6) is 0 Å². The summed E-state index contributed by atoms with van der Waals surface area (Å²) in [7, 11) is 0. The van der Waals surface area contributed by atoms with Crippen molar-refractivity contribution < 1.29 is 10.2 Å². The van der Waals surface area contributed by atoms with Crippen molar-refractivity contribution in [2.45, 2.75) is 51.8 Å². The first-order valence-electron chi connectivity index (χ1n) is 6.60. The minimum atomic E-state index is -1.07. The summed E-state index contributed by atoms with van der Waals surface area (Å²) in [5.74, 6) is 0. The van der Waals surface area contributed by atoms with Gasteiger partial charge >= 0.3 is 0 Å². The standard InChI is InChI=1S/C13H25N3O2/c1-4-12(5-2)16-7-6-11(15-16)8-14-9-13(3,18)10-17/h6-7,12,14,17-18H,4-5,8-10H2,1-3H3. The Morgan fingerprint density at radius 3 is 2.67 bits per heavy atom. The highest BCUT2D eigenvalue weighted by Gasteiger charge is 2.18. The number of aromatic nitrogens is 2. The van der Waals surface area contributed by atoms with Gasteiger partial charge in [0.1, 0.15) is 0 Å². The van der Waals surface area contributed by atoms with Gasteiger partial charge in [-0.05, 0) is 25.8 Å². The maximum absolute atomic E-state index is 9.63. The lowest BCUT2D eigenvalue weighted by Crippen LogP contribution is -2.40. The summed E-state index contributed by atoms with van der Waals surface area (Å²) < 4.78 is 2.00. The maximum atomic E-state index is 9.63. The number of nitrogens with one attached hydrogen (secondary N) is 1. The summed E-state index contributed by atoms with van der Waals surface area (Å²) >= 11 is 0. The molecule has 0 radical (unpaired) electrons. The highest BCUT2D eigenvalue weighted by Crippen LogP contribution is 2.14. The van der Waals surface area contributed by atoms with E-state index in [9.17, 15) is 5.11 Å². The molecular formula is C13H25N3O2. The van der Waals surface area contributed by atoms with Crippen molar-refractivity contribution in [2.75, 3.05) is 13.2 Å². The van der Waals surface area contributed by atoms with E-state index < -0.39 is 5.60 Å². The molecule has 3 N–H and O–H groups in total. The van der Waals surface area contributed by atoms with Crippen LogP contribution in [0.2, 0.25) is 0 Å². The molecule has 0 saturated carbocycles. The molecule has 0 aliphatic carbocycles. The SMILES string of the molecule is CCC(CC)n1ccc(CNCC(C)(O)CO)n1. The monoisotopic (exact) mass is 255 g/mol. The van der Waals surface area contributed by atoms with Gasteiger partial charge < -0.3 is 15.5 Å². The second kappa shape index (κ2) is 6.87. The van der Waals surface area contributed by atoms with Crippen LogP contribution in [0.1, 0.15) is 45.3 Å². The number of aliphatic hydroxyl groups excluding tert-OH is 1. The largest absolute Gasteiger partial charge is 0.393 e. The molecule has 1 aromatic heterocycles. The average Bonchev–Trinajstić information content (AvgIpc) is 2.79. The lowest BCUT2D eigenvalue weighted by atomic mass is 10.1. The minimum Gasteiger partial charge on any atom is -0.393 e. The average molecular weight is 255 g/mol. The van der Waals surface area contributed by atoms with E-state index in [0.29, 0.717) is 19.1 Å². The highest BCUT2D eigenvalue weighted by molar-refractivity contribution is 4.99. The maximum Gasteiger partial charge on any atom is 0.0972 e. The minimum absolute atomic E-state index is 0.248. The molecule has 0 aliphatic rings. The van der Waals surface area contributed by atoms with E-state index in [0.717, 1.165) is 18.5 Å². The van der Waals surface area contributed by atoms with Gasteiger partial charge in [0.25, 0.3) is 0 Å². The van der Waals surface area contributed by atoms with Gasteiger partial charge in [0, 0.05) is 19.3 Å². The molecule has 18 heavy (non-hydrogen) atoms. The third-order valence-corrected chi connectivity index (χ3v) is 3.13. The Bertz CT molecular complexity index is 346. The summed E-state index contributed by atoms with van der Waals surface area (Å²) in [5, 5.41) is 26.2. The molecule has 1 rings (SSSR count). The second-order valence-corrected chi connectivity index (χ2v) is 5.02. The van der Waals surface area contributed by atoms with Gasteiger partial charge in [-0.3, -0.25) is 4.68 Å². The molecule has 0 bridgehead atoms. The predicted molar refractivity (Wildman–Crippen MR) is 71.3 cm³/mol. The Kier molecular flexibility index (Phi) is 5.78. The van der Waals surface area contributed by atoms with E-state index in [2.05, 4.69) is 24.3 Å². The van der Waals surface area contributed by atoms with Crippen LogP contribution in [0.25, 0.3) is 0 Å². The van der Waals surface area contributed by atoms with Crippen LogP contribution in [-0.4, -0.2) is 38.7 Å². The Hall–Kier alpha value is -0.910. The van der Waals surface area contributed by atoms with Gasteiger partial charge in [0.15, 0.2) is 0 Å². The normalized spacial score (nSPS) is 15.0. The van der Waals surface area contributed by atoms with E-state index in [-0.39, 0.29) is 6.61 Å². The molecule has 104 valence electrons. The first-order valence-corrected chi connectivity index (χ1v) is 6.60. The summed E-state index contributed by atoms with van der Waals surface area (Å²) in [5.41, 5.74) is -0.117. The quantitative estimate of drug-likeness (QED) is 0.650. The molecule has 1 heterocycles. The van der Waals surface area contributed by atoms with E-state index in [1.165, 1.54) is 0 Å². The summed E-state index contributed by atoms with van der Waals surface area (Å²) in [6.45, 7) is 6.62. The molecule has 5 heteroatoms. The van der Waals surface area contributed by atoms with Crippen LogP contribution in [-0.2, 0) is 6.54 Å². The number of hydrogen-bond acceptors (Lipinski definition) is 4. The van der Waals surface area contributed by atoms with Gasteiger partial charge in [-0.1, -0.05) is 13.8 Å². The molecule has 0 aliphatic heterocycles. The van der Waals surface area contributed by atoms with Crippen molar-refractivity contribution >= 4 is 0 Å². The first-order chi connectivity index (χ1) is 8.52. The van der Waals surface area contributed by atoms with E-state index in [4.69, 9.17) is 5.11 Å². The van der Waals surface area contributed by atoms with Crippen LogP contribution in [0.15, 0.2) is 12.3 Å². The Labute approximate surface area is 109 Å². The fraction of sp³-hybridized carbons (Fsp3) is 0.769. The highest BCUT2D eigenvalue weighted by atomic mass is 16.3. The third kappa shape index (κ3) is 4.40. The number of rotatable bonds is 8. The van der Waals surface area contributed by atoms with Gasteiger partial charge in [-0.15, -0.1) is 0 Å². The Morgan fingerprint density at radius 2 is 2.11 bits per heavy atom. The smallest absolute Gasteiger partial charge is 0.0972 e. The molecule has 1 aromatic rings. The molecule has 0 spiro atoms. The first kappa shape index (κ1) is 15.1. The zero-order valence-corrected chi connectivity index (χ0v) is 11.6. The van der Waals surface area contributed by atoms with Crippen molar-refractivity contribution in [1.29, 1.82) is 0 Å². The van der Waals surface area contributed by atoms with Crippen LogP contribution < -0.4 is 5.32 Å². The number of nitrogens with zero attached hydrogens (tertiary/aromatic N) is 2.